The van der Waals surface area contributed by atoms with Crippen LogP contribution in [-0.2, 0) is 4.79 Å². The summed E-state index contributed by atoms with van der Waals surface area (Å²) in [5.74, 6) is -2.75. The molecule has 158 valence electrons. The molecular weight excluding hydrogens is 396 g/mol. The van der Waals surface area contributed by atoms with Gasteiger partial charge in [0, 0.05) is 16.6 Å². The number of hydrogen-bond acceptors (Lipinski definition) is 4. The Bertz CT molecular complexity index is 1100. The summed E-state index contributed by atoms with van der Waals surface area (Å²) in [5, 5.41) is 20.2. The van der Waals surface area contributed by atoms with Crippen LogP contribution >= 0.6 is 0 Å². The number of halogens is 2. The van der Waals surface area contributed by atoms with Crippen molar-refractivity contribution < 1.29 is 33.3 Å². The van der Waals surface area contributed by atoms with Crippen LogP contribution in [0.15, 0.2) is 42.5 Å². The molecule has 0 aliphatic rings. The van der Waals surface area contributed by atoms with Crippen LogP contribution in [0.5, 0.6) is 11.5 Å². The van der Waals surface area contributed by atoms with Gasteiger partial charge in [-0.25, -0.2) is 0 Å². The molecule has 3 aromatic rings. The number of aliphatic carboxylic acids is 1. The predicted octanol–water partition coefficient (Wildman–Crippen LogP) is 4.77. The molecule has 0 radical (unpaired) electrons. The molecule has 3 rings (SSSR count). The van der Waals surface area contributed by atoms with Crippen molar-refractivity contribution in [1.29, 1.82) is 0 Å². The van der Waals surface area contributed by atoms with E-state index < -0.39 is 24.4 Å². The maximum Gasteiger partial charge on any atom is 0.387 e. The van der Waals surface area contributed by atoms with Crippen molar-refractivity contribution in [2.24, 2.45) is 5.92 Å². The Morgan fingerprint density at radius 2 is 1.70 bits per heavy atom. The minimum absolute atomic E-state index is 0.0465. The van der Waals surface area contributed by atoms with E-state index in [-0.39, 0.29) is 23.0 Å². The first-order chi connectivity index (χ1) is 14.1. The van der Waals surface area contributed by atoms with Gasteiger partial charge >= 0.3 is 12.6 Å². The summed E-state index contributed by atoms with van der Waals surface area (Å²) in [6, 6.07) is 9.67. The fourth-order valence-electron chi connectivity index (χ4n) is 3.74. The number of carbonyl (C=O) groups excluding carboxylic acids is 1. The first-order valence-corrected chi connectivity index (χ1v) is 9.28. The van der Waals surface area contributed by atoms with Crippen LogP contribution in [-0.4, -0.2) is 33.3 Å². The number of benzene rings is 2. The third-order valence-electron chi connectivity index (χ3n) is 5.01. The minimum Gasteiger partial charge on any atom is -0.508 e. The van der Waals surface area contributed by atoms with E-state index in [1.165, 1.54) is 41.0 Å². The van der Waals surface area contributed by atoms with E-state index in [0.717, 1.165) is 0 Å². The van der Waals surface area contributed by atoms with Crippen molar-refractivity contribution >= 4 is 22.8 Å². The van der Waals surface area contributed by atoms with Crippen LogP contribution in [0.2, 0.25) is 0 Å². The monoisotopic (exact) mass is 417 g/mol. The van der Waals surface area contributed by atoms with E-state index in [2.05, 4.69) is 4.74 Å². The Kier molecular flexibility index (Phi) is 5.78. The second-order valence-electron chi connectivity index (χ2n) is 7.30. The molecule has 0 amide bonds. The number of carbonyl (C=O) groups is 2. The number of carboxylic acid groups (broad SMARTS) is 1. The molecule has 1 atom stereocenters. The first kappa shape index (κ1) is 21.3. The molecule has 0 aliphatic heterocycles. The van der Waals surface area contributed by atoms with Crippen LogP contribution in [0.4, 0.5) is 8.78 Å². The normalized spacial score (nSPS) is 12.5. The summed E-state index contributed by atoms with van der Waals surface area (Å²) in [7, 11) is 0. The lowest BCUT2D eigenvalue weighted by atomic mass is 9.86. The molecule has 0 spiro atoms. The van der Waals surface area contributed by atoms with Crippen molar-refractivity contribution in [3.8, 4) is 11.5 Å². The number of aromatic hydroxyl groups is 1. The highest BCUT2D eigenvalue weighted by atomic mass is 19.3. The SMILES string of the molecule is Cc1c(C(C(=O)O)C(C)C)c2cc(O)ccc2n1C(=O)c1ccc(OC(F)F)cc1. The lowest BCUT2D eigenvalue weighted by Crippen LogP contribution is -2.19. The number of alkyl halides is 2. The topological polar surface area (TPSA) is 88.8 Å². The maximum absolute atomic E-state index is 13.2. The van der Waals surface area contributed by atoms with Gasteiger partial charge in [0.15, 0.2) is 0 Å². The summed E-state index contributed by atoms with van der Waals surface area (Å²) < 4.78 is 30.4. The zero-order valence-corrected chi connectivity index (χ0v) is 16.6. The van der Waals surface area contributed by atoms with Gasteiger partial charge in [-0.15, -0.1) is 0 Å². The van der Waals surface area contributed by atoms with Crippen LogP contribution in [0.1, 0.15) is 41.4 Å². The molecular formula is C22H21F2NO5. The fraction of sp³-hybridized carbons (Fsp3) is 0.273. The highest BCUT2D eigenvalue weighted by Crippen LogP contribution is 2.38. The zero-order valence-electron chi connectivity index (χ0n) is 16.6. The summed E-state index contributed by atoms with van der Waals surface area (Å²) >= 11 is 0. The lowest BCUT2D eigenvalue weighted by Gasteiger charge is -2.17. The van der Waals surface area contributed by atoms with E-state index in [1.54, 1.807) is 26.8 Å². The molecule has 0 saturated heterocycles. The largest absolute Gasteiger partial charge is 0.508 e. The molecule has 0 saturated carbocycles. The van der Waals surface area contributed by atoms with Crippen LogP contribution in [0.3, 0.4) is 0 Å². The minimum atomic E-state index is -2.97. The quantitative estimate of drug-likeness (QED) is 0.603. The summed E-state index contributed by atoms with van der Waals surface area (Å²) in [5.41, 5.74) is 1.56. The molecule has 2 N–H and O–H groups in total. The highest BCUT2D eigenvalue weighted by molar-refractivity contribution is 6.05. The van der Waals surface area contributed by atoms with Crippen molar-refractivity contribution in [2.75, 3.05) is 0 Å². The third kappa shape index (κ3) is 3.85. The Labute approximate surface area is 171 Å². The van der Waals surface area contributed by atoms with Gasteiger partial charge in [0.05, 0.1) is 11.4 Å². The fourth-order valence-corrected chi connectivity index (χ4v) is 3.74. The molecule has 0 aliphatic carbocycles. The highest BCUT2D eigenvalue weighted by Gasteiger charge is 2.31. The molecule has 1 aromatic heterocycles. The molecule has 1 heterocycles. The standard InChI is InChI=1S/C22H21F2NO5/c1-11(2)18(21(28)29)19-12(3)25(17-9-6-14(26)10-16(17)19)20(27)13-4-7-15(8-5-13)30-22(23)24/h4-11,18,22,26H,1-3H3,(H,28,29). The van der Waals surface area contributed by atoms with Gasteiger partial charge in [-0.2, -0.15) is 8.78 Å². The smallest absolute Gasteiger partial charge is 0.387 e. The van der Waals surface area contributed by atoms with Crippen molar-refractivity contribution in [3.63, 3.8) is 0 Å². The van der Waals surface area contributed by atoms with E-state index >= 15 is 0 Å². The van der Waals surface area contributed by atoms with Gasteiger partial charge in [-0.1, -0.05) is 13.8 Å². The molecule has 8 heteroatoms. The zero-order chi connectivity index (χ0) is 22.2. The Balaban J connectivity index is 2.18. The number of rotatable bonds is 6. The summed E-state index contributed by atoms with van der Waals surface area (Å²) in [6.45, 7) is 2.22. The maximum atomic E-state index is 13.2. The third-order valence-corrected chi connectivity index (χ3v) is 5.01. The van der Waals surface area contributed by atoms with Crippen LogP contribution < -0.4 is 4.74 Å². The Morgan fingerprint density at radius 3 is 2.23 bits per heavy atom. The molecule has 6 nitrogen and oxygen atoms in total. The number of phenolic OH excluding ortho intramolecular Hbond substituents is 1. The second-order valence-corrected chi connectivity index (χ2v) is 7.30. The summed E-state index contributed by atoms with van der Waals surface area (Å²) in [4.78, 5) is 25.2. The van der Waals surface area contributed by atoms with Gasteiger partial charge in [-0.05, 0) is 60.9 Å². The molecule has 1 unspecified atom stereocenters. The number of carboxylic acids is 1. The average molecular weight is 417 g/mol. The number of fused-ring (bicyclic) bond motifs is 1. The van der Waals surface area contributed by atoms with E-state index in [9.17, 15) is 28.6 Å². The van der Waals surface area contributed by atoms with Crippen molar-refractivity contribution in [1.82, 2.24) is 4.57 Å². The van der Waals surface area contributed by atoms with E-state index in [1.807, 2.05) is 0 Å². The van der Waals surface area contributed by atoms with Gasteiger partial charge in [0.2, 0.25) is 0 Å². The van der Waals surface area contributed by atoms with Gasteiger partial charge in [-0.3, -0.25) is 14.2 Å². The molecule has 0 bridgehead atoms. The van der Waals surface area contributed by atoms with Crippen molar-refractivity contribution in [3.05, 3.63) is 59.3 Å². The van der Waals surface area contributed by atoms with E-state index in [0.29, 0.717) is 22.2 Å². The molecule has 0 fully saturated rings. The number of aromatic nitrogens is 1. The second kappa shape index (κ2) is 8.14. The van der Waals surface area contributed by atoms with Crippen LogP contribution in [0, 0.1) is 12.8 Å². The lowest BCUT2D eigenvalue weighted by molar-refractivity contribution is -0.139. The molecule has 30 heavy (non-hydrogen) atoms. The van der Waals surface area contributed by atoms with Gasteiger partial charge in [0.25, 0.3) is 5.91 Å². The number of hydrogen-bond donors (Lipinski definition) is 2. The van der Waals surface area contributed by atoms with E-state index in [4.69, 9.17) is 0 Å². The number of nitrogens with zero attached hydrogens (tertiary/aromatic N) is 1. The Hall–Kier alpha value is -3.42. The van der Waals surface area contributed by atoms with Crippen molar-refractivity contribution in [2.45, 2.75) is 33.3 Å². The Morgan fingerprint density at radius 1 is 1.07 bits per heavy atom. The summed E-state index contributed by atoms with van der Waals surface area (Å²) in [6.07, 6.45) is 0. The molecule has 2 aromatic carbocycles. The first-order valence-electron chi connectivity index (χ1n) is 9.28. The van der Waals surface area contributed by atoms with Gasteiger partial charge < -0.3 is 14.9 Å². The number of ether oxygens (including phenoxy) is 1. The predicted molar refractivity (Wildman–Crippen MR) is 106 cm³/mol. The van der Waals surface area contributed by atoms with Gasteiger partial charge in [0.1, 0.15) is 11.5 Å². The van der Waals surface area contributed by atoms with Crippen LogP contribution in [0.25, 0.3) is 10.9 Å². The average Bonchev–Trinajstić information content (AvgIpc) is 2.92. The number of phenols is 1.